The van der Waals surface area contributed by atoms with Crippen molar-refractivity contribution in [2.75, 3.05) is 33.4 Å². The molecule has 0 spiro atoms. The molecule has 3 aromatic carbocycles. The third kappa shape index (κ3) is 5.52. The van der Waals surface area contributed by atoms with Gasteiger partial charge in [-0.05, 0) is 35.7 Å². The largest absolute Gasteiger partial charge is 0.496 e. The Morgan fingerprint density at radius 2 is 1.67 bits per heavy atom. The van der Waals surface area contributed by atoms with Crippen molar-refractivity contribution in [3.05, 3.63) is 84.4 Å². The number of nitrogens with one attached hydrogen (secondary N) is 1. The Morgan fingerprint density at radius 3 is 2.45 bits per heavy atom. The fourth-order valence-corrected chi connectivity index (χ4v) is 4.13. The lowest BCUT2D eigenvalue weighted by Crippen LogP contribution is -2.39. The molecule has 1 fully saturated rings. The van der Waals surface area contributed by atoms with E-state index in [1.165, 1.54) is 0 Å². The molecule has 0 aliphatic carbocycles. The lowest BCUT2D eigenvalue weighted by atomic mass is 9.91. The SMILES string of the molecule is COc1ccccc1-c1ccccc1CC1CN(C(=O)COc2ccccc2)CCNC1=O. The number of hydrogen-bond acceptors (Lipinski definition) is 4. The van der Waals surface area contributed by atoms with Gasteiger partial charge in [-0.1, -0.05) is 60.7 Å². The highest BCUT2D eigenvalue weighted by Gasteiger charge is 2.28. The number of carbonyl (C=O) groups is 2. The van der Waals surface area contributed by atoms with Crippen LogP contribution in [-0.4, -0.2) is 50.1 Å². The molecule has 1 unspecified atom stereocenters. The van der Waals surface area contributed by atoms with Gasteiger partial charge >= 0.3 is 0 Å². The first-order valence-electron chi connectivity index (χ1n) is 11.1. The van der Waals surface area contributed by atoms with E-state index < -0.39 is 0 Å². The molecule has 4 rings (SSSR count). The highest BCUT2D eigenvalue weighted by atomic mass is 16.5. The molecule has 33 heavy (non-hydrogen) atoms. The maximum absolute atomic E-state index is 12.8. The van der Waals surface area contributed by atoms with Gasteiger partial charge in [-0.15, -0.1) is 0 Å². The number of methoxy groups -OCH3 is 1. The molecular weight excluding hydrogens is 416 g/mol. The van der Waals surface area contributed by atoms with Crippen LogP contribution in [-0.2, 0) is 16.0 Å². The van der Waals surface area contributed by atoms with Gasteiger partial charge in [0.1, 0.15) is 11.5 Å². The third-order valence-electron chi connectivity index (χ3n) is 5.83. The average Bonchev–Trinajstić information content (AvgIpc) is 3.05. The van der Waals surface area contributed by atoms with Gasteiger partial charge in [0.15, 0.2) is 6.61 Å². The van der Waals surface area contributed by atoms with Crippen LogP contribution in [0, 0.1) is 5.92 Å². The van der Waals surface area contributed by atoms with Crippen molar-refractivity contribution in [2.45, 2.75) is 6.42 Å². The van der Waals surface area contributed by atoms with Crippen LogP contribution in [0.25, 0.3) is 11.1 Å². The van der Waals surface area contributed by atoms with Crippen molar-refractivity contribution < 1.29 is 19.1 Å². The fourth-order valence-electron chi connectivity index (χ4n) is 4.13. The molecule has 0 radical (unpaired) electrons. The van der Waals surface area contributed by atoms with Crippen molar-refractivity contribution in [3.63, 3.8) is 0 Å². The Balaban J connectivity index is 1.50. The zero-order valence-corrected chi connectivity index (χ0v) is 18.7. The van der Waals surface area contributed by atoms with Crippen molar-refractivity contribution in [1.82, 2.24) is 10.2 Å². The molecule has 170 valence electrons. The molecular formula is C27H28N2O4. The minimum absolute atomic E-state index is 0.0379. The predicted molar refractivity (Wildman–Crippen MR) is 127 cm³/mol. The van der Waals surface area contributed by atoms with Crippen LogP contribution < -0.4 is 14.8 Å². The summed E-state index contributed by atoms with van der Waals surface area (Å²) in [6, 6.07) is 25.1. The van der Waals surface area contributed by atoms with Crippen molar-refractivity contribution >= 4 is 11.8 Å². The van der Waals surface area contributed by atoms with Crippen molar-refractivity contribution in [1.29, 1.82) is 0 Å². The number of hydrogen-bond donors (Lipinski definition) is 1. The second-order valence-corrected chi connectivity index (χ2v) is 7.99. The topological polar surface area (TPSA) is 67.9 Å². The molecule has 1 aliphatic rings. The van der Waals surface area contributed by atoms with Crippen molar-refractivity contribution in [2.24, 2.45) is 5.92 Å². The standard InChI is InChI=1S/C27H28N2O4/c1-32-25-14-8-7-13-24(25)23-12-6-5-9-20(23)17-21-18-29(16-15-28-27(21)31)26(30)19-33-22-10-3-2-4-11-22/h2-14,21H,15-19H2,1H3,(H,28,31). The molecule has 6 nitrogen and oxygen atoms in total. The molecule has 3 aromatic rings. The monoisotopic (exact) mass is 444 g/mol. The van der Waals surface area contributed by atoms with E-state index in [-0.39, 0.29) is 24.3 Å². The predicted octanol–water partition coefficient (Wildman–Crippen LogP) is 3.56. The van der Waals surface area contributed by atoms with Crippen LogP contribution >= 0.6 is 0 Å². The van der Waals surface area contributed by atoms with Crippen molar-refractivity contribution in [3.8, 4) is 22.6 Å². The van der Waals surface area contributed by atoms with Gasteiger partial charge in [-0.25, -0.2) is 0 Å². The first kappa shape index (κ1) is 22.4. The molecule has 0 aromatic heterocycles. The highest BCUT2D eigenvalue weighted by molar-refractivity contribution is 5.83. The van der Waals surface area contributed by atoms with E-state index in [2.05, 4.69) is 5.32 Å². The van der Waals surface area contributed by atoms with E-state index in [1.54, 1.807) is 12.0 Å². The van der Waals surface area contributed by atoms with Crippen LogP contribution in [0.2, 0.25) is 0 Å². The number of carbonyl (C=O) groups excluding carboxylic acids is 2. The first-order chi connectivity index (χ1) is 16.2. The Morgan fingerprint density at radius 1 is 0.970 bits per heavy atom. The van der Waals surface area contributed by atoms with E-state index in [0.29, 0.717) is 31.8 Å². The van der Waals surface area contributed by atoms with E-state index >= 15 is 0 Å². The second-order valence-electron chi connectivity index (χ2n) is 7.99. The minimum atomic E-state index is -0.357. The van der Waals surface area contributed by atoms with Crippen LogP contribution in [0.3, 0.4) is 0 Å². The molecule has 0 saturated carbocycles. The van der Waals surface area contributed by atoms with Gasteiger partial charge in [0.05, 0.1) is 13.0 Å². The first-order valence-corrected chi connectivity index (χ1v) is 11.1. The molecule has 1 atom stereocenters. The van der Waals surface area contributed by atoms with Crippen LogP contribution in [0.5, 0.6) is 11.5 Å². The summed E-state index contributed by atoms with van der Waals surface area (Å²) in [5.74, 6) is 0.911. The zero-order chi connectivity index (χ0) is 23.0. The zero-order valence-electron chi connectivity index (χ0n) is 18.7. The lowest BCUT2D eigenvalue weighted by molar-refractivity contribution is -0.134. The minimum Gasteiger partial charge on any atom is -0.496 e. The summed E-state index contributed by atoms with van der Waals surface area (Å²) < 4.78 is 11.2. The Bertz CT molecular complexity index is 1100. The van der Waals surface area contributed by atoms with Crippen LogP contribution in [0.1, 0.15) is 5.56 Å². The summed E-state index contributed by atoms with van der Waals surface area (Å²) in [4.78, 5) is 27.4. The van der Waals surface area contributed by atoms with Gasteiger partial charge in [0.25, 0.3) is 5.91 Å². The lowest BCUT2D eigenvalue weighted by Gasteiger charge is -2.24. The number of nitrogens with zero attached hydrogens (tertiary/aromatic N) is 1. The van der Waals surface area contributed by atoms with Gasteiger partial charge in [-0.2, -0.15) is 0 Å². The number of amides is 2. The van der Waals surface area contributed by atoms with Gasteiger partial charge in [0.2, 0.25) is 5.91 Å². The van der Waals surface area contributed by atoms with Gasteiger partial charge in [-0.3, -0.25) is 9.59 Å². The average molecular weight is 445 g/mol. The summed E-state index contributed by atoms with van der Waals surface area (Å²) >= 11 is 0. The molecule has 1 N–H and O–H groups in total. The smallest absolute Gasteiger partial charge is 0.260 e. The molecule has 1 saturated heterocycles. The summed E-state index contributed by atoms with van der Waals surface area (Å²) in [6.07, 6.45) is 0.517. The Hall–Kier alpha value is -3.80. The Kier molecular flexibility index (Phi) is 7.25. The Labute approximate surface area is 194 Å². The normalized spacial score (nSPS) is 16.0. The molecule has 1 heterocycles. The van der Waals surface area contributed by atoms with Gasteiger partial charge < -0.3 is 19.7 Å². The number of para-hydroxylation sites is 2. The molecule has 6 heteroatoms. The number of benzene rings is 3. The highest BCUT2D eigenvalue weighted by Crippen LogP contribution is 2.33. The molecule has 1 aliphatic heterocycles. The van der Waals surface area contributed by atoms with E-state index in [1.807, 2.05) is 78.9 Å². The number of ether oxygens (including phenoxy) is 2. The maximum Gasteiger partial charge on any atom is 0.260 e. The quantitative estimate of drug-likeness (QED) is 0.605. The fraction of sp³-hybridized carbons (Fsp3) is 0.259. The van der Waals surface area contributed by atoms with Crippen LogP contribution in [0.15, 0.2) is 78.9 Å². The molecule has 2 amide bonds. The maximum atomic E-state index is 12.8. The summed E-state index contributed by atoms with van der Waals surface area (Å²) in [5.41, 5.74) is 3.04. The summed E-state index contributed by atoms with van der Waals surface area (Å²) in [7, 11) is 1.65. The second kappa shape index (κ2) is 10.7. The third-order valence-corrected chi connectivity index (χ3v) is 5.83. The summed E-state index contributed by atoms with van der Waals surface area (Å²) in [6.45, 7) is 1.19. The van der Waals surface area contributed by atoms with E-state index in [9.17, 15) is 9.59 Å². The van der Waals surface area contributed by atoms with E-state index in [4.69, 9.17) is 9.47 Å². The van der Waals surface area contributed by atoms with Gasteiger partial charge in [0, 0.05) is 25.2 Å². The molecule has 0 bridgehead atoms. The van der Waals surface area contributed by atoms with E-state index in [0.717, 1.165) is 22.4 Å². The van der Waals surface area contributed by atoms with Crippen LogP contribution in [0.4, 0.5) is 0 Å². The number of rotatable bonds is 7. The summed E-state index contributed by atoms with van der Waals surface area (Å²) in [5, 5.41) is 2.96.